The van der Waals surface area contributed by atoms with Crippen LogP contribution in [-0.4, -0.2) is 33.4 Å². The van der Waals surface area contributed by atoms with Crippen LogP contribution in [0.2, 0.25) is 5.15 Å². The topological polar surface area (TPSA) is 46.1 Å². The average molecular weight is 238 g/mol. The smallest absolute Gasteiger partial charge is 0.274 e. The van der Waals surface area contributed by atoms with Crippen molar-refractivity contribution in [1.29, 1.82) is 0 Å². The number of hydrogen-bond donors (Lipinski definition) is 0. The number of aromatic nitrogens is 2. The Kier molecular flexibility index (Phi) is 2.32. The second kappa shape index (κ2) is 3.70. The van der Waals surface area contributed by atoms with Gasteiger partial charge in [0.1, 0.15) is 10.8 Å². The quantitative estimate of drug-likeness (QED) is 0.748. The molecular formula is C11H12ClN3O. The van der Waals surface area contributed by atoms with Crippen molar-refractivity contribution in [2.75, 3.05) is 6.54 Å². The summed E-state index contributed by atoms with van der Waals surface area (Å²) in [5.74, 6) is 0.700. The molecule has 2 heterocycles. The largest absolute Gasteiger partial charge is 0.334 e. The highest BCUT2D eigenvalue weighted by molar-refractivity contribution is 6.29. The summed E-state index contributed by atoms with van der Waals surface area (Å²) in [7, 11) is 0. The van der Waals surface area contributed by atoms with Crippen molar-refractivity contribution >= 4 is 17.5 Å². The molecule has 0 spiro atoms. The molecule has 2 atom stereocenters. The van der Waals surface area contributed by atoms with Crippen LogP contribution in [0.1, 0.15) is 29.8 Å². The molecule has 4 nitrogen and oxygen atoms in total. The number of rotatable bonds is 1. The minimum Gasteiger partial charge on any atom is -0.334 e. The Bertz CT molecular complexity index is 420. The number of hydrogen-bond acceptors (Lipinski definition) is 3. The molecule has 1 saturated carbocycles. The Labute approximate surface area is 98.6 Å². The maximum atomic E-state index is 12.1. The van der Waals surface area contributed by atoms with Gasteiger partial charge in [0.15, 0.2) is 0 Å². The van der Waals surface area contributed by atoms with Crippen LogP contribution in [0.15, 0.2) is 12.4 Å². The molecule has 2 bridgehead atoms. The fraction of sp³-hybridized carbons (Fsp3) is 0.545. The lowest BCUT2D eigenvalue weighted by Crippen LogP contribution is -2.38. The maximum Gasteiger partial charge on any atom is 0.274 e. The van der Waals surface area contributed by atoms with Gasteiger partial charge in [-0.3, -0.25) is 4.79 Å². The second-order valence-electron chi connectivity index (χ2n) is 4.51. The summed E-state index contributed by atoms with van der Waals surface area (Å²) < 4.78 is 0. The molecular weight excluding hydrogens is 226 g/mol. The number of amides is 1. The van der Waals surface area contributed by atoms with Crippen molar-refractivity contribution in [3.05, 3.63) is 23.2 Å². The zero-order chi connectivity index (χ0) is 11.1. The van der Waals surface area contributed by atoms with Crippen molar-refractivity contribution < 1.29 is 4.79 Å². The number of likely N-dealkylation sites (tertiary alicyclic amines) is 1. The average Bonchev–Trinajstić information content (AvgIpc) is 2.91. The number of carbonyl (C=O) groups excluding carboxylic acids is 1. The summed E-state index contributed by atoms with van der Waals surface area (Å²) in [6, 6.07) is 0.426. The van der Waals surface area contributed by atoms with E-state index in [0.717, 1.165) is 19.4 Å². The van der Waals surface area contributed by atoms with E-state index in [1.54, 1.807) is 0 Å². The van der Waals surface area contributed by atoms with Gasteiger partial charge >= 0.3 is 0 Å². The zero-order valence-corrected chi connectivity index (χ0v) is 9.52. The van der Waals surface area contributed by atoms with Crippen molar-refractivity contribution in [2.24, 2.45) is 5.92 Å². The van der Waals surface area contributed by atoms with Gasteiger partial charge in [-0.05, 0) is 25.2 Å². The molecule has 16 heavy (non-hydrogen) atoms. The van der Waals surface area contributed by atoms with E-state index in [1.807, 2.05) is 4.90 Å². The molecule has 1 saturated heterocycles. The van der Waals surface area contributed by atoms with E-state index in [0.29, 0.717) is 22.8 Å². The highest BCUT2D eigenvalue weighted by Crippen LogP contribution is 2.37. The second-order valence-corrected chi connectivity index (χ2v) is 4.90. The van der Waals surface area contributed by atoms with Gasteiger partial charge < -0.3 is 4.90 Å². The summed E-state index contributed by atoms with van der Waals surface area (Å²) in [6.45, 7) is 0.883. The van der Waals surface area contributed by atoms with Crippen LogP contribution >= 0.6 is 11.6 Å². The van der Waals surface area contributed by atoms with E-state index in [2.05, 4.69) is 9.97 Å². The molecule has 3 rings (SSSR count). The van der Waals surface area contributed by atoms with Crippen LogP contribution in [-0.2, 0) is 0 Å². The molecule has 2 fully saturated rings. The Balaban J connectivity index is 1.80. The lowest BCUT2D eigenvalue weighted by molar-refractivity contribution is 0.0697. The van der Waals surface area contributed by atoms with E-state index in [4.69, 9.17) is 11.6 Å². The van der Waals surface area contributed by atoms with Gasteiger partial charge in [0, 0.05) is 12.6 Å². The Morgan fingerprint density at radius 2 is 2.25 bits per heavy atom. The molecule has 2 aliphatic rings. The standard InChI is InChI=1S/C11H12ClN3O/c12-10-5-13-9(4-14-10)11(16)15-6-7-1-2-8(15)3-7/h4-5,7-8H,1-3,6H2. The highest BCUT2D eigenvalue weighted by Gasteiger charge is 2.40. The van der Waals surface area contributed by atoms with E-state index in [1.165, 1.54) is 18.8 Å². The van der Waals surface area contributed by atoms with Crippen LogP contribution in [0.25, 0.3) is 0 Å². The van der Waals surface area contributed by atoms with Crippen molar-refractivity contribution in [3.8, 4) is 0 Å². The number of nitrogens with zero attached hydrogens (tertiary/aromatic N) is 3. The minimum absolute atomic E-state index is 0.00336. The van der Waals surface area contributed by atoms with Crippen LogP contribution in [0, 0.1) is 5.92 Å². The fourth-order valence-electron chi connectivity index (χ4n) is 2.74. The molecule has 1 aliphatic heterocycles. The first-order valence-electron chi connectivity index (χ1n) is 5.52. The van der Waals surface area contributed by atoms with E-state index in [9.17, 15) is 4.79 Å². The Hall–Kier alpha value is -1.16. The summed E-state index contributed by atoms with van der Waals surface area (Å²) in [4.78, 5) is 22.0. The van der Waals surface area contributed by atoms with Gasteiger partial charge in [-0.1, -0.05) is 11.6 Å². The van der Waals surface area contributed by atoms with E-state index < -0.39 is 0 Å². The molecule has 0 radical (unpaired) electrons. The molecule has 1 aromatic heterocycles. The summed E-state index contributed by atoms with van der Waals surface area (Å²) in [5.41, 5.74) is 0.400. The molecule has 2 unspecified atom stereocenters. The monoisotopic (exact) mass is 237 g/mol. The molecule has 0 aromatic carbocycles. The lowest BCUT2D eigenvalue weighted by atomic mass is 10.1. The number of fused-ring (bicyclic) bond motifs is 2. The predicted molar refractivity (Wildman–Crippen MR) is 59.2 cm³/mol. The molecule has 1 aliphatic carbocycles. The first-order chi connectivity index (χ1) is 7.74. The van der Waals surface area contributed by atoms with Gasteiger partial charge in [0.2, 0.25) is 0 Å². The summed E-state index contributed by atoms with van der Waals surface area (Å²) in [6.07, 6.45) is 6.44. The van der Waals surface area contributed by atoms with Crippen LogP contribution in [0.5, 0.6) is 0 Å². The first-order valence-corrected chi connectivity index (χ1v) is 5.90. The normalized spacial score (nSPS) is 27.4. The summed E-state index contributed by atoms with van der Waals surface area (Å²) in [5, 5.41) is 0.319. The van der Waals surface area contributed by atoms with Crippen LogP contribution < -0.4 is 0 Å². The Morgan fingerprint density at radius 1 is 1.38 bits per heavy atom. The number of piperidine rings is 1. The van der Waals surface area contributed by atoms with E-state index >= 15 is 0 Å². The molecule has 1 aromatic rings. The van der Waals surface area contributed by atoms with Crippen LogP contribution in [0.4, 0.5) is 0 Å². The third-order valence-corrected chi connectivity index (χ3v) is 3.70. The third-order valence-electron chi connectivity index (χ3n) is 3.51. The van der Waals surface area contributed by atoms with Crippen LogP contribution in [0.3, 0.4) is 0 Å². The maximum absolute atomic E-state index is 12.1. The van der Waals surface area contributed by atoms with Crippen molar-refractivity contribution in [1.82, 2.24) is 14.9 Å². The highest BCUT2D eigenvalue weighted by atomic mass is 35.5. The molecule has 1 amide bonds. The third kappa shape index (κ3) is 1.57. The van der Waals surface area contributed by atoms with Gasteiger partial charge in [0.25, 0.3) is 5.91 Å². The minimum atomic E-state index is -0.00336. The Morgan fingerprint density at radius 3 is 2.81 bits per heavy atom. The van der Waals surface area contributed by atoms with Gasteiger partial charge in [-0.25, -0.2) is 9.97 Å². The van der Waals surface area contributed by atoms with Crippen molar-refractivity contribution in [2.45, 2.75) is 25.3 Å². The fourth-order valence-corrected chi connectivity index (χ4v) is 2.84. The van der Waals surface area contributed by atoms with E-state index in [-0.39, 0.29) is 5.91 Å². The lowest BCUT2D eigenvalue weighted by Gasteiger charge is -2.26. The number of carbonyl (C=O) groups is 1. The molecule has 0 N–H and O–H groups in total. The van der Waals surface area contributed by atoms with Gasteiger partial charge in [-0.15, -0.1) is 0 Å². The van der Waals surface area contributed by atoms with Crippen molar-refractivity contribution in [3.63, 3.8) is 0 Å². The predicted octanol–water partition coefficient (Wildman–Crippen LogP) is 1.75. The SMILES string of the molecule is O=C(c1cnc(Cl)cn1)N1CC2CCC1C2. The van der Waals surface area contributed by atoms with Gasteiger partial charge in [0.05, 0.1) is 12.4 Å². The molecule has 84 valence electrons. The zero-order valence-electron chi connectivity index (χ0n) is 8.77. The first kappa shape index (κ1) is 10.0. The van der Waals surface area contributed by atoms with Gasteiger partial charge in [-0.2, -0.15) is 0 Å². The molecule has 5 heteroatoms. The number of halogens is 1. The summed E-state index contributed by atoms with van der Waals surface area (Å²) >= 11 is 5.64.